The van der Waals surface area contributed by atoms with Crippen LogP contribution in [0.5, 0.6) is 0 Å². The van der Waals surface area contributed by atoms with Crippen LogP contribution in [-0.2, 0) is 11.3 Å². The summed E-state index contributed by atoms with van der Waals surface area (Å²) in [6.45, 7) is 6.31. The van der Waals surface area contributed by atoms with E-state index in [1.807, 2.05) is 6.92 Å². The lowest BCUT2D eigenvalue weighted by atomic mass is 10.2. The van der Waals surface area contributed by atoms with Crippen LogP contribution in [-0.4, -0.2) is 28.1 Å². The van der Waals surface area contributed by atoms with E-state index in [1.165, 1.54) is 0 Å². The summed E-state index contributed by atoms with van der Waals surface area (Å²) in [5.74, 6) is -1.05. The van der Waals surface area contributed by atoms with Crippen LogP contribution in [0.25, 0.3) is 0 Å². The van der Waals surface area contributed by atoms with E-state index in [1.54, 1.807) is 24.5 Å². The van der Waals surface area contributed by atoms with Crippen molar-refractivity contribution in [2.24, 2.45) is 0 Å². The number of carboxylic acids is 1. The number of hydrogen-bond acceptors (Lipinski definition) is 2. The van der Waals surface area contributed by atoms with Gasteiger partial charge in [-0.05, 0) is 26.3 Å². The van der Waals surface area contributed by atoms with Crippen LogP contribution < -0.4 is 5.32 Å². The van der Waals surface area contributed by atoms with Crippen LogP contribution in [0.15, 0.2) is 6.07 Å². The molecule has 1 amide bonds. The first-order valence-electron chi connectivity index (χ1n) is 5.64. The average molecular weight is 238 g/mol. The number of carbonyl (C=O) groups is 2. The van der Waals surface area contributed by atoms with Crippen LogP contribution in [0.4, 0.5) is 0 Å². The van der Waals surface area contributed by atoms with Gasteiger partial charge in [-0.3, -0.25) is 4.79 Å². The molecule has 0 radical (unpaired) electrons. The lowest BCUT2D eigenvalue weighted by Crippen LogP contribution is -2.28. The molecular weight excluding hydrogens is 220 g/mol. The smallest absolute Gasteiger partial charge is 0.337 e. The van der Waals surface area contributed by atoms with Crippen LogP contribution in [0, 0.1) is 13.8 Å². The maximum absolute atomic E-state index is 11.6. The van der Waals surface area contributed by atoms with Crippen molar-refractivity contribution in [3.8, 4) is 0 Å². The summed E-state index contributed by atoms with van der Waals surface area (Å²) in [7, 11) is 0. The molecule has 1 heterocycles. The maximum atomic E-state index is 11.6. The van der Waals surface area contributed by atoms with Crippen LogP contribution in [0.3, 0.4) is 0 Å². The summed E-state index contributed by atoms with van der Waals surface area (Å²) in [6.07, 6.45) is 0.885. The number of aryl methyl sites for hydroxylation is 1. The molecule has 2 N–H and O–H groups in total. The monoisotopic (exact) mass is 238 g/mol. The molecule has 5 nitrogen and oxygen atoms in total. The van der Waals surface area contributed by atoms with Crippen molar-refractivity contribution >= 4 is 11.9 Å². The van der Waals surface area contributed by atoms with Gasteiger partial charge in [0, 0.05) is 17.9 Å². The number of amides is 1. The average Bonchev–Trinajstić information content (AvgIpc) is 2.54. The first-order chi connectivity index (χ1) is 7.97. The largest absolute Gasteiger partial charge is 0.478 e. The van der Waals surface area contributed by atoms with Crippen molar-refractivity contribution in [2.75, 3.05) is 6.54 Å². The number of carbonyl (C=O) groups excluding carboxylic acids is 1. The summed E-state index contributed by atoms with van der Waals surface area (Å²) in [5, 5.41) is 11.7. The van der Waals surface area contributed by atoms with Gasteiger partial charge < -0.3 is 15.0 Å². The molecule has 17 heavy (non-hydrogen) atoms. The minimum atomic E-state index is -0.960. The number of nitrogens with zero attached hydrogens (tertiary/aromatic N) is 1. The highest BCUT2D eigenvalue weighted by atomic mass is 16.4. The Morgan fingerprint density at radius 1 is 1.41 bits per heavy atom. The topological polar surface area (TPSA) is 71.3 Å². The van der Waals surface area contributed by atoms with Gasteiger partial charge in [-0.25, -0.2) is 4.79 Å². The second-order valence-electron chi connectivity index (χ2n) is 4.03. The Labute approximate surface area is 100 Å². The van der Waals surface area contributed by atoms with E-state index >= 15 is 0 Å². The summed E-state index contributed by atoms with van der Waals surface area (Å²) < 4.78 is 1.72. The fourth-order valence-corrected chi connectivity index (χ4v) is 1.72. The Morgan fingerprint density at radius 3 is 2.53 bits per heavy atom. The van der Waals surface area contributed by atoms with Gasteiger partial charge in [0.1, 0.15) is 6.54 Å². The molecule has 0 bridgehead atoms. The molecule has 0 unspecified atom stereocenters. The highest BCUT2D eigenvalue weighted by Gasteiger charge is 2.15. The number of aromatic nitrogens is 1. The minimum Gasteiger partial charge on any atom is -0.478 e. The molecule has 0 aliphatic heterocycles. The van der Waals surface area contributed by atoms with Gasteiger partial charge >= 0.3 is 5.97 Å². The Balaban J connectivity index is 2.84. The van der Waals surface area contributed by atoms with Crippen molar-refractivity contribution in [1.82, 2.24) is 9.88 Å². The fourth-order valence-electron chi connectivity index (χ4n) is 1.72. The number of hydrogen-bond donors (Lipinski definition) is 2. The van der Waals surface area contributed by atoms with Gasteiger partial charge in [0.2, 0.25) is 5.91 Å². The predicted molar refractivity (Wildman–Crippen MR) is 64.2 cm³/mol. The molecule has 5 heteroatoms. The summed E-state index contributed by atoms with van der Waals surface area (Å²) >= 11 is 0. The summed E-state index contributed by atoms with van der Waals surface area (Å²) in [6, 6.07) is 1.59. The normalized spacial score (nSPS) is 10.3. The molecular formula is C12H18N2O3. The first-order valence-corrected chi connectivity index (χ1v) is 5.64. The van der Waals surface area contributed by atoms with Crippen LogP contribution in [0.1, 0.15) is 35.1 Å². The lowest BCUT2D eigenvalue weighted by molar-refractivity contribution is -0.121. The Hall–Kier alpha value is -1.78. The number of carboxylic acid groups (broad SMARTS) is 1. The van der Waals surface area contributed by atoms with E-state index in [0.29, 0.717) is 12.2 Å². The lowest BCUT2D eigenvalue weighted by Gasteiger charge is -2.09. The van der Waals surface area contributed by atoms with Crippen molar-refractivity contribution in [3.63, 3.8) is 0 Å². The van der Waals surface area contributed by atoms with Crippen molar-refractivity contribution in [2.45, 2.75) is 33.7 Å². The zero-order chi connectivity index (χ0) is 13.0. The maximum Gasteiger partial charge on any atom is 0.337 e. The van der Waals surface area contributed by atoms with Gasteiger partial charge in [-0.15, -0.1) is 0 Å². The zero-order valence-corrected chi connectivity index (χ0v) is 10.4. The third kappa shape index (κ3) is 3.09. The molecule has 0 spiro atoms. The first kappa shape index (κ1) is 13.3. The quantitative estimate of drug-likeness (QED) is 0.813. The Morgan fingerprint density at radius 2 is 2.06 bits per heavy atom. The molecule has 0 fully saturated rings. The van der Waals surface area contributed by atoms with Gasteiger partial charge in [0.25, 0.3) is 0 Å². The molecule has 0 saturated heterocycles. The van der Waals surface area contributed by atoms with Crippen molar-refractivity contribution in [3.05, 3.63) is 23.0 Å². The van der Waals surface area contributed by atoms with Crippen molar-refractivity contribution < 1.29 is 14.7 Å². The molecule has 0 saturated carbocycles. The Kier molecular flexibility index (Phi) is 4.31. The second kappa shape index (κ2) is 5.52. The molecule has 0 atom stereocenters. The SMILES string of the molecule is CCCNC(=O)Cn1c(C)cc(C(=O)O)c1C. The molecule has 0 aromatic carbocycles. The molecule has 1 aromatic rings. The zero-order valence-electron chi connectivity index (χ0n) is 10.4. The number of aromatic carboxylic acids is 1. The highest BCUT2D eigenvalue weighted by Crippen LogP contribution is 2.14. The molecule has 1 rings (SSSR count). The van der Waals surface area contributed by atoms with Gasteiger partial charge in [0.05, 0.1) is 5.56 Å². The third-order valence-corrected chi connectivity index (χ3v) is 2.68. The molecule has 0 aliphatic carbocycles. The molecule has 0 aliphatic rings. The predicted octanol–water partition coefficient (Wildman–Crippen LogP) is 1.33. The van der Waals surface area contributed by atoms with E-state index in [2.05, 4.69) is 5.32 Å². The number of rotatable bonds is 5. The highest BCUT2D eigenvalue weighted by molar-refractivity contribution is 5.89. The fraction of sp³-hybridized carbons (Fsp3) is 0.500. The Bertz CT molecular complexity index is 435. The van der Waals surface area contributed by atoms with E-state index in [-0.39, 0.29) is 18.0 Å². The minimum absolute atomic E-state index is 0.0920. The molecule has 1 aromatic heterocycles. The summed E-state index contributed by atoms with van der Waals surface area (Å²) in [4.78, 5) is 22.5. The van der Waals surface area contributed by atoms with Gasteiger partial charge in [-0.2, -0.15) is 0 Å². The van der Waals surface area contributed by atoms with Gasteiger partial charge in [0.15, 0.2) is 0 Å². The third-order valence-electron chi connectivity index (χ3n) is 2.68. The van der Waals surface area contributed by atoms with Gasteiger partial charge in [-0.1, -0.05) is 6.92 Å². The summed E-state index contributed by atoms with van der Waals surface area (Å²) in [5.41, 5.74) is 1.65. The van der Waals surface area contributed by atoms with E-state index in [9.17, 15) is 9.59 Å². The van der Waals surface area contributed by atoms with E-state index in [4.69, 9.17) is 5.11 Å². The van der Waals surface area contributed by atoms with Crippen LogP contribution >= 0.6 is 0 Å². The van der Waals surface area contributed by atoms with E-state index < -0.39 is 5.97 Å². The number of nitrogens with one attached hydrogen (secondary N) is 1. The van der Waals surface area contributed by atoms with E-state index in [0.717, 1.165) is 12.1 Å². The standard InChI is InChI=1S/C12H18N2O3/c1-4-5-13-11(15)7-14-8(2)6-10(9(14)3)12(16)17/h6H,4-5,7H2,1-3H3,(H,13,15)(H,16,17). The molecule has 94 valence electrons. The van der Waals surface area contributed by atoms with Crippen LogP contribution in [0.2, 0.25) is 0 Å². The van der Waals surface area contributed by atoms with Crippen molar-refractivity contribution in [1.29, 1.82) is 0 Å². The second-order valence-corrected chi connectivity index (χ2v) is 4.03.